The molecule has 0 aliphatic carbocycles. The molecule has 0 spiro atoms. The van der Waals surface area contributed by atoms with Crippen LogP contribution in [-0.4, -0.2) is 25.8 Å². The molecule has 0 aliphatic heterocycles. The highest BCUT2D eigenvalue weighted by Crippen LogP contribution is 2.29. The fourth-order valence-electron chi connectivity index (χ4n) is 1.64. The minimum atomic E-state index is -0.816. The molecular weight excluding hydrogens is 294 g/mol. The van der Waals surface area contributed by atoms with Gasteiger partial charge in [-0.3, -0.25) is 9.48 Å². The zero-order valence-electron chi connectivity index (χ0n) is 11.7. The van der Waals surface area contributed by atoms with Crippen LogP contribution in [0.4, 0.5) is 0 Å². The molecule has 108 valence electrons. The number of hydrogen-bond acceptors (Lipinski definition) is 5. The molecule has 0 aliphatic rings. The van der Waals surface area contributed by atoms with Crippen LogP contribution in [0.25, 0.3) is 0 Å². The van der Waals surface area contributed by atoms with Gasteiger partial charge in [0, 0.05) is 22.9 Å². The molecule has 5 nitrogen and oxygen atoms in total. The van der Waals surface area contributed by atoms with Crippen molar-refractivity contribution in [2.45, 2.75) is 43.3 Å². The summed E-state index contributed by atoms with van der Waals surface area (Å²) in [6, 6.07) is 2.36. The van der Waals surface area contributed by atoms with Gasteiger partial charge in [-0.15, -0.1) is 11.3 Å². The Bertz CT molecular complexity index is 605. The van der Waals surface area contributed by atoms with Crippen LogP contribution in [0, 0.1) is 6.92 Å². The van der Waals surface area contributed by atoms with Gasteiger partial charge in [0.1, 0.15) is 0 Å². The second-order valence-electron chi connectivity index (χ2n) is 4.73. The first kappa shape index (κ1) is 15.1. The van der Waals surface area contributed by atoms with E-state index in [9.17, 15) is 4.79 Å². The molecule has 0 atom stereocenters. The fourth-order valence-corrected chi connectivity index (χ4v) is 3.77. The highest BCUT2D eigenvalue weighted by atomic mass is 32.2. The molecule has 20 heavy (non-hydrogen) atoms. The number of aromatic nitrogens is 3. The molecule has 0 amide bonds. The van der Waals surface area contributed by atoms with E-state index >= 15 is 0 Å². The van der Waals surface area contributed by atoms with Crippen molar-refractivity contribution in [2.24, 2.45) is 0 Å². The Hall–Kier alpha value is -1.34. The predicted octanol–water partition coefficient (Wildman–Crippen LogP) is 3.15. The molecule has 0 saturated carbocycles. The van der Waals surface area contributed by atoms with E-state index in [0.717, 1.165) is 26.4 Å². The van der Waals surface area contributed by atoms with E-state index in [-0.39, 0.29) is 6.42 Å². The van der Waals surface area contributed by atoms with E-state index in [1.165, 1.54) is 11.3 Å². The monoisotopic (exact) mass is 311 g/mol. The van der Waals surface area contributed by atoms with Crippen molar-refractivity contribution in [3.8, 4) is 0 Å². The number of thiazole rings is 1. The Morgan fingerprint density at radius 3 is 2.90 bits per heavy atom. The van der Waals surface area contributed by atoms with Gasteiger partial charge in [-0.1, -0.05) is 11.8 Å². The van der Waals surface area contributed by atoms with Crippen LogP contribution in [0.2, 0.25) is 0 Å². The van der Waals surface area contributed by atoms with Gasteiger partial charge >= 0.3 is 5.97 Å². The lowest BCUT2D eigenvalue weighted by molar-refractivity contribution is -0.136. The molecule has 0 radical (unpaired) electrons. The van der Waals surface area contributed by atoms with Crippen LogP contribution in [0.15, 0.2) is 16.6 Å². The van der Waals surface area contributed by atoms with Crippen LogP contribution >= 0.6 is 23.1 Å². The lowest BCUT2D eigenvalue weighted by Gasteiger charge is -2.03. The molecule has 0 saturated heterocycles. The maximum atomic E-state index is 10.7. The van der Waals surface area contributed by atoms with E-state index < -0.39 is 5.97 Å². The molecule has 7 heteroatoms. The molecule has 0 bridgehead atoms. The first-order chi connectivity index (χ1) is 9.45. The number of aryl methyl sites for hydroxylation is 1. The van der Waals surface area contributed by atoms with Gasteiger partial charge < -0.3 is 5.11 Å². The van der Waals surface area contributed by atoms with Crippen molar-refractivity contribution in [1.82, 2.24) is 14.8 Å². The molecule has 0 fully saturated rings. The first-order valence-corrected chi connectivity index (χ1v) is 8.11. The molecular formula is C13H17N3O2S2. The van der Waals surface area contributed by atoms with Crippen LogP contribution < -0.4 is 0 Å². The summed E-state index contributed by atoms with van der Waals surface area (Å²) in [5.74, 6) is -0.0666. The van der Waals surface area contributed by atoms with Crippen LogP contribution in [0.1, 0.15) is 36.2 Å². The van der Waals surface area contributed by atoms with Gasteiger partial charge in [0.25, 0.3) is 0 Å². The Labute approximate surface area is 126 Å². The lowest BCUT2D eigenvalue weighted by Crippen LogP contribution is -2.01. The normalized spacial score (nSPS) is 11.2. The van der Waals surface area contributed by atoms with Crippen molar-refractivity contribution >= 4 is 29.1 Å². The van der Waals surface area contributed by atoms with E-state index in [4.69, 9.17) is 5.11 Å². The van der Waals surface area contributed by atoms with E-state index in [2.05, 4.69) is 23.9 Å². The maximum absolute atomic E-state index is 10.7. The quantitative estimate of drug-likeness (QED) is 0.830. The number of thioether (sulfide) groups is 1. The molecule has 2 aromatic rings. The minimum Gasteiger partial charge on any atom is -0.481 e. The average Bonchev–Trinajstić information content (AvgIpc) is 2.94. The van der Waals surface area contributed by atoms with Crippen molar-refractivity contribution < 1.29 is 9.90 Å². The first-order valence-electron chi connectivity index (χ1n) is 6.30. The Kier molecular flexibility index (Phi) is 4.82. The number of carbonyl (C=O) groups is 1. The number of rotatable bonds is 6. The van der Waals surface area contributed by atoms with E-state index in [1.807, 2.05) is 23.9 Å². The summed E-state index contributed by atoms with van der Waals surface area (Å²) in [5.41, 5.74) is 1.82. The number of carboxylic acids is 1. The van der Waals surface area contributed by atoms with Crippen LogP contribution in [0.3, 0.4) is 0 Å². The highest BCUT2D eigenvalue weighted by Gasteiger charge is 2.12. The largest absolute Gasteiger partial charge is 0.481 e. The maximum Gasteiger partial charge on any atom is 0.308 e. The summed E-state index contributed by atoms with van der Waals surface area (Å²) in [6.07, 6.45) is 2.02. The van der Waals surface area contributed by atoms with Gasteiger partial charge in [-0.05, 0) is 26.8 Å². The Morgan fingerprint density at radius 1 is 1.55 bits per heavy atom. The third kappa shape index (κ3) is 3.83. The zero-order valence-corrected chi connectivity index (χ0v) is 13.3. The second-order valence-corrected chi connectivity index (χ2v) is 7.03. The average molecular weight is 311 g/mol. The van der Waals surface area contributed by atoms with Gasteiger partial charge in [0.15, 0.2) is 4.34 Å². The number of aliphatic carboxylic acids is 1. The Morgan fingerprint density at radius 2 is 2.30 bits per heavy atom. The third-order valence-corrected chi connectivity index (χ3v) is 5.05. The summed E-state index contributed by atoms with van der Waals surface area (Å²) in [5, 5.41) is 13.3. The SMILES string of the molecule is Cc1nc(SCc2ccn(C(C)C)n2)sc1CC(=O)O. The summed E-state index contributed by atoms with van der Waals surface area (Å²) in [7, 11) is 0. The smallest absolute Gasteiger partial charge is 0.308 e. The number of nitrogens with zero attached hydrogens (tertiary/aromatic N) is 3. The molecule has 0 unspecified atom stereocenters. The summed E-state index contributed by atoms with van der Waals surface area (Å²) < 4.78 is 2.83. The third-order valence-electron chi connectivity index (χ3n) is 2.72. The minimum absolute atomic E-state index is 0.0477. The molecule has 2 heterocycles. The molecule has 0 aromatic carbocycles. The van der Waals surface area contributed by atoms with Gasteiger partial charge in [-0.2, -0.15) is 5.10 Å². The van der Waals surface area contributed by atoms with E-state index in [1.54, 1.807) is 11.8 Å². The molecule has 1 N–H and O–H groups in total. The van der Waals surface area contributed by atoms with Gasteiger partial charge in [0.2, 0.25) is 0 Å². The van der Waals surface area contributed by atoms with Crippen molar-refractivity contribution in [3.05, 3.63) is 28.5 Å². The summed E-state index contributed by atoms with van der Waals surface area (Å²) in [4.78, 5) is 16.0. The zero-order chi connectivity index (χ0) is 14.7. The highest BCUT2D eigenvalue weighted by molar-refractivity contribution is 8.00. The second kappa shape index (κ2) is 6.41. The summed E-state index contributed by atoms with van der Waals surface area (Å²) >= 11 is 3.06. The Balaban J connectivity index is 1.98. The molecule has 2 aromatic heterocycles. The van der Waals surface area contributed by atoms with Crippen molar-refractivity contribution in [3.63, 3.8) is 0 Å². The lowest BCUT2D eigenvalue weighted by atomic mass is 10.3. The topological polar surface area (TPSA) is 68.0 Å². The fraction of sp³-hybridized carbons (Fsp3) is 0.462. The van der Waals surface area contributed by atoms with Crippen molar-refractivity contribution in [1.29, 1.82) is 0 Å². The predicted molar refractivity (Wildman–Crippen MR) is 80.4 cm³/mol. The standard InChI is InChI=1S/C13H17N3O2S2/c1-8(2)16-5-4-10(15-16)7-19-13-14-9(3)11(20-13)6-12(17)18/h4-5,8H,6-7H2,1-3H3,(H,17,18). The number of hydrogen-bond donors (Lipinski definition) is 1. The summed E-state index contributed by atoms with van der Waals surface area (Å²) in [6.45, 7) is 6.03. The van der Waals surface area contributed by atoms with Gasteiger partial charge in [0.05, 0.1) is 17.8 Å². The molecule has 2 rings (SSSR count). The van der Waals surface area contributed by atoms with Crippen LogP contribution in [-0.2, 0) is 17.0 Å². The number of carboxylic acid groups (broad SMARTS) is 1. The van der Waals surface area contributed by atoms with Gasteiger partial charge in [-0.25, -0.2) is 4.98 Å². The van der Waals surface area contributed by atoms with Crippen molar-refractivity contribution in [2.75, 3.05) is 0 Å². The van der Waals surface area contributed by atoms with Crippen LogP contribution in [0.5, 0.6) is 0 Å². The van der Waals surface area contributed by atoms with E-state index in [0.29, 0.717) is 6.04 Å².